The molecule has 2 N–H and O–H groups in total. The second-order valence-electron chi connectivity index (χ2n) is 7.05. The number of benzene rings is 2. The zero-order valence-electron chi connectivity index (χ0n) is 17.6. The summed E-state index contributed by atoms with van der Waals surface area (Å²) in [5, 5.41) is 4.54. The Bertz CT molecular complexity index is 1260. The second kappa shape index (κ2) is 9.73. The van der Waals surface area contributed by atoms with Crippen LogP contribution in [0.2, 0.25) is 0 Å². The highest BCUT2D eigenvalue weighted by molar-refractivity contribution is 6.00. The first-order valence-corrected chi connectivity index (χ1v) is 10.1. The van der Waals surface area contributed by atoms with Crippen molar-refractivity contribution >= 4 is 11.8 Å². The van der Waals surface area contributed by atoms with Gasteiger partial charge in [-0.05, 0) is 43.3 Å². The Morgan fingerprint density at radius 3 is 2.48 bits per heavy atom. The number of carbonyl (C=O) groups is 2. The molecular weight excluding hydrogens is 425 g/mol. The van der Waals surface area contributed by atoms with Crippen LogP contribution in [0.15, 0.2) is 85.3 Å². The lowest BCUT2D eigenvalue weighted by Gasteiger charge is -2.15. The van der Waals surface area contributed by atoms with Crippen molar-refractivity contribution in [2.24, 2.45) is 0 Å². The molecule has 0 bridgehead atoms. The smallest absolute Gasteiger partial charge is 0.279 e. The van der Waals surface area contributed by atoms with E-state index in [1.807, 2.05) is 30.3 Å². The van der Waals surface area contributed by atoms with Crippen LogP contribution in [0.5, 0.6) is 5.75 Å². The minimum Gasteiger partial charge on any atom is -0.478 e. The molecule has 166 valence electrons. The molecule has 0 saturated carbocycles. The number of hydrogen-bond donors (Lipinski definition) is 2. The fourth-order valence-corrected chi connectivity index (χ4v) is 3.04. The van der Waals surface area contributed by atoms with Crippen LogP contribution >= 0.6 is 0 Å². The Hall–Kier alpha value is -4.53. The molecule has 2 amide bonds. The number of nitrogens with zero attached hydrogens (tertiary/aromatic N) is 3. The Morgan fingerprint density at radius 1 is 1.00 bits per heavy atom. The van der Waals surface area contributed by atoms with Gasteiger partial charge in [-0.3, -0.25) is 25.4 Å². The second-order valence-corrected chi connectivity index (χ2v) is 7.05. The average molecular weight is 445 g/mol. The maximum atomic E-state index is 13.8. The predicted molar refractivity (Wildman–Crippen MR) is 119 cm³/mol. The summed E-state index contributed by atoms with van der Waals surface area (Å²) in [4.78, 5) is 29.4. The first-order valence-electron chi connectivity index (χ1n) is 10.1. The highest BCUT2D eigenvalue weighted by Crippen LogP contribution is 2.23. The number of hydrazine groups is 1. The lowest BCUT2D eigenvalue weighted by Crippen LogP contribution is -2.47. The van der Waals surface area contributed by atoms with Gasteiger partial charge < -0.3 is 4.74 Å². The minimum atomic E-state index is -1.05. The number of para-hydroxylation sites is 2. The first-order chi connectivity index (χ1) is 16.0. The Balaban J connectivity index is 1.51. The van der Waals surface area contributed by atoms with E-state index >= 15 is 0 Å². The highest BCUT2D eigenvalue weighted by atomic mass is 19.1. The zero-order valence-corrected chi connectivity index (χ0v) is 17.6. The molecule has 33 heavy (non-hydrogen) atoms. The third-order valence-electron chi connectivity index (χ3n) is 4.72. The van der Waals surface area contributed by atoms with Crippen molar-refractivity contribution in [2.45, 2.75) is 13.0 Å². The Kier molecular flexibility index (Phi) is 6.40. The van der Waals surface area contributed by atoms with E-state index in [0.29, 0.717) is 11.3 Å². The molecule has 4 rings (SSSR count). The summed E-state index contributed by atoms with van der Waals surface area (Å²) in [5.41, 5.74) is 6.71. The van der Waals surface area contributed by atoms with Gasteiger partial charge in [-0.25, -0.2) is 9.07 Å². The molecule has 0 radical (unpaired) electrons. The number of pyridine rings is 1. The Morgan fingerprint density at radius 2 is 1.76 bits per heavy atom. The molecule has 2 aromatic heterocycles. The van der Waals surface area contributed by atoms with Gasteiger partial charge in [0, 0.05) is 24.2 Å². The summed E-state index contributed by atoms with van der Waals surface area (Å²) in [6, 6.07) is 18.6. The molecule has 8 nitrogen and oxygen atoms in total. The van der Waals surface area contributed by atoms with Crippen LogP contribution in [-0.2, 0) is 4.79 Å². The third kappa shape index (κ3) is 5.04. The van der Waals surface area contributed by atoms with Crippen LogP contribution in [0.3, 0.4) is 0 Å². The molecule has 0 aliphatic rings. The molecule has 1 unspecified atom stereocenters. The maximum absolute atomic E-state index is 13.8. The number of rotatable bonds is 6. The summed E-state index contributed by atoms with van der Waals surface area (Å²) >= 11 is 0. The molecule has 0 aliphatic heterocycles. The van der Waals surface area contributed by atoms with Crippen molar-refractivity contribution in [3.8, 4) is 22.7 Å². The standard InChI is InChI=1S/C24H20FN5O3/c1-16(33-21-12-6-5-11-20(21)25)23(31)27-28-24(32)19-15-30(18-9-3-2-4-10-18)29-22(19)17-8-7-13-26-14-17/h2-16H,1H3,(H,27,31)(H,28,32). The fourth-order valence-electron chi connectivity index (χ4n) is 3.04. The molecule has 2 aromatic carbocycles. The van der Waals surface area contributed by atoms with Gasteiger partial charge in [0.1, 0.15) is 5.69 Å². The van der Waals surface area contributed by atoms with Gasteiger partial charge in [0.2, 0.25) is 0 Å². The lowest BCUT2D eigenvalue weighted by molar-refractivity contribution is -0.128. The number of halogens is 1. The molecule has 0 spiro atoms. The monoisotopic (exact) mass is 445 g/mol. The quantitative estimate of drug-likeness (QED) is 0.444. The SMILES string of the molecule is CC(Oc1ccccc1F)C(=O)NNC(=O)c1cn(-c2ccccc2)nc1-c1cccnc1. The summed E-state index contributed by atoms with van der Waals surface area (Å²) in [7, 11) is 0. The summed E-state index contributed by atoms with van der Waals surface area (Å²) < 4.78 is 20.7. The third-order valence-corrected chi connectivity index (χ3v) is 4.72. The van der Waals surface area contributed by atoms with Crippen molar-refractivity contribution in [1.82, 2.24) is 25.6 Å². The van der Waals surface area contributed by atoms with E-state index in [1.165, 1.54) is 25.1 Å². The van der Waals surface area contributed by atoms with Crippen molar-refractivity contribution < 1.29 is 18.7 Å². The van der Waals surface area contributed by atoms with Gasteiger partial charge in [0.05, 0.1) is 11.3 Å². The summed E-state index contributed by atoms with van der Waals surface area (Å²) in [6.07, 6.45) is 3.73. The number of amides is 2. The van der Waals surface area contributed by atoms with E-state index in [9.17, 15) is 14.0 Å². The van der Waals surface area contributed by atoms with E-state index in [2.05, 4.69) is 20.9 Å². The molecule has 4 aromatic rings. The van der Waals surface area contributed by atoms with Gasteiger partial charge >= 0.3 is 0 Å². The molecule has 0 fully saturated rings. The Labute approximate surface area is 189 Å². The minimum absolute atomic E-state index is 0.0607. The number of aromatic nitrogens is 3. The maximum Gasteiger partial charge on any atom is 0.279 e. The molecular formula is C24H20FN5O3. The summed E-state index contributed by atoms with van der Waals surface area (Å²) in [6.45, 7) is 1.45. The van der Waals surface area contributed by atoms with Crippen LogP contribution < -0.4 is 15.6 Å². The fraction of sp³-hybridized carbons (Fsp3) is 0.0833. The van der Waals surface area contributed by atoms with E-state index < -0.39 is 23.7 Å². The van der Waals surface area contributed by atoms with Crippen molar-refractivity contribution in [3.63, 3.8) is 0 Å². The number of ether oxygens (including phenoxy) is 1. The van der Waals surface area contributed by atoms with Gasteiger partial charge in [-0.1, -0.05) is 30.3 Å². The van der Waals surface area contributed by atoms with Gasteiger partial charge in [-0.15, -0.1) is 0 Å². The van der Waals surface area contributed by atoms with Gasteiger partial charge in [0.15, 0.2) is 17.7 Å². The van der Waals surface area contributed by atoms with E-state index in [4.69, 9.17) is 4.74 Å². The summed E-state index contributed by atoms with van der Waals surface area (Å²) in [5.74, 6) is -1.88. The van der Waals surface area contributed by atoms with Crippen LogP contribution in [0.1, 0.15) is 17.3 Å². The predicted octanol–water partition coefficient (Wildman–Crippen LogP) is 3.30. The number of carbonyl (C=O) groups excluding carboxylic acids is 2. The van der Waals surface area contributed by atoms with Crippen molar-refractivity contribution in [3.05, 3.63) is 96.7 Å². The van der Waals surface area contributed by atoms with Crippen molar-refractivity contribution in [2.75, 3.05) is 0 Å². The first kappa shape index (κ1) is 21.7. The molecule has 0 aliphatic carbocycles. The molecule has 0 saturated heterocycles. The zero-order chi connectivity index (χ0) is 23.2. The van der Waals surface area contributed by atoms with Crippen LogP contribution in [0, 0.1) is 5.82 Å². The molecule has 9 heteroatoms. The highest BCUT2D eigenvalue weighted by Gasteiger charge is 2.21. The van der Waals surface area contributed by atoms with Gasteiger partial charge in [-0.2, -0.15) is 5.10 Å². The number of nitrogens with one attached hydrogen (secondary N) is 2. The van der Waals surface area contributed by atoms with E-state index in [1.54, 1.807) is 41.5 Å². The van der Waals surface area contributed by atoms with E-state index in [0.717, 1.165) is 5.69 Å². The largest absolute Gasteiger partial charge is 0.478 e. The normalized spacial score (nSPS) is 11.5. The molecule has 1 atom stereocenters. The number of hydrogen-bond acceptors (Lipinski definition) is 5. The van der Waals surface area contributed by atoms with E-state index in [-0.39, 0.29) is 11.3 Å². The van der Waals surface area contributed by atoms with Crippen molar-refractivity contribution in [1.29, 1.82) is 0 Å². The topological polar surface area (TPSA) is 98.1 Å². The van der Waals surface area contributed by atoms with Crippen LogP contribution in [-0.4, -0.2) is 32.7 Å². The van der Waals surface area contributed by atoms with Gasteiger partial charge in [0.25, 0.3) is 11.8 Å². The van der Waals surface area contributed by atoms with Crippen LogP contribution in [0.25, 0.3) is 16.9 Å². The van der Waals surface area contributed by atoms with Crippen LogP contribution in [0.4, 0.5) is 4.39 Å². The average Bonchev–Trinajstić information content (AvgIpc) is 3.30. The lowest BCUT2D eigenvalue weighted by atomic mass is 10.1. The molecule has 2 heterocycles.